The molecule has 0 amide bonds. The number of carbonyl (C=O) groups excluding carboxylic acids is 2. The van der Waals surface area contributed by atoms with Crippen molar-refractivity contribution >= 4 is 23.7 Å². The van der Waals surface area contributed by atoms with Crippen LogP contribution in [0, 0.1) is 12.8 Å². The van der Waals surface area contributed by atoms with E-state index in [9.17, 15) is 9.59 Å². The molecule has 0 aromatic rings. The summed E-state index contributed by atoms with van der Waals surface area (Å²) in [5.74, 6) is -2.54. The van der Waals surface area contributed by atoms with Crippen LogP contribution in [0.5, 0.6) is 0 Å². The van der Waals surface area contributed by atoms with Gasteiger partial charge in [0.1, 0.15) is 0 Å². The van der Waals surface area contributed by atoms with Crippen LogP contribution in [0.3, 0.4) is 0 Å². The maximum absolute atomic E-state index is 11.2. The molecule has 0 unspecified atom stereocenters. The molecule has 0 N–H and O–H groups in total. The molecule has 1 radical (unpaired) electrons. The van der Waals surface area contributed by atoms with Crippen molar-refractivity contribution in [2.45, 2.75) is 19.6 Å². The minimum Gasteiger partial charge on any atom is -0.482 e. The van der Waals surface area contributed by atoms with E-state index >= 15 is 0 Å². The second-order valence-electron chi connectivity index (χ2n) is 2.86. The molecule has 0 aromatic heterocycles. The Morgan fingerprint density at radius 3 is 1.93 bits per heavy atom. The van der Waals surface area contributed by atoms with Gasteiger partial charge in [-0.2, -0.15) is 0 Å². The maximum Gasteiger partial charge on any atom is 0.229 e. The van der Waals surface area contributed by atoms with Crippen molar-refractivity contribution < 1.29 is 51.8 Å². The number of ether oxygens (including phenoxy) is 2. The fourth-order valence-electron chi connectivity index (χ4n) is 0.838. The van der Waals surface area contributed by atoms with Gasteiger partial charge in [0.05, 0.1) is 0 Å². The van der Waals surface area contributed by atoms with Gasteiger partial charge in [0.25, 0.3) is 0 Å². The molecular formula is C9H12O4SY-2. The molecule has 83 valence electrons. The normalized spacial score (nSPS) is 17.9. The van der Waals surface area contributed by atoms with Crippen LogP contribution in [0.4, 0.5) is 0 Å². The molecule has 1 saturated heterocycles. The summed E-state index contributed by atoms with van der Waals surface area (Å²) < 4.78 is 9.63. The van der Waals surface area contributed by atoms with E-state index in [0.29, 0.717) is 0 Å². The first-order chi connectivity index (χ1) is 5.96. The Labute approximate surface area is 119 Å². The van der Waals surface area contributed by atoms with Crippen LogP contribution in [0.1, 0.15) is 13.8 Å². The molecule has 0 spiro atoms. The van der Waals surface area contributed by atoms with Crippen molar-refractivity contribution in [1.82, 2.24) is 0 Å². The van der Waals surface area contributed by atoms with Crippen LogP contribution in [0.15, 0.2) is 5.57 Å². The number of esters is 2. The van der Waals surface area contributed by atoms with Crippen LogP contribution >= 0.6 is 11.8 Å². The zero-order valence-electron chi connectivity index (χ0n) is 9.12. The number of hydrogen-bond acceptors (Lipinski definition) is 5. The number of carbonyl (C=O) groups is 2. The molecule has 1 heterocycles. The summed E-state index contributed by atoms with van der Waals surface area (Å²) in [6.07, 6.45) is 1.69. The Hall–Kier alpha value is 0.134. The van der Waals surface area contributed by atoms with E-state index in [4.69, 9.17) is 9.47 Å². The van der Waals surface area contributed by atoms with Gasteiger partial charge in [-0.1, -0.05) is 0 Å². The Morgan fingerprint density at radius 2 is 1.60 bits per heavy atom. The summed E-state index contributed by atoms with van der Waals surface area (Å²) in [7, 11) is 0. The largest absolute Gasteiger partial charge is 0.482 e. The number of cyclic esters (lactones) is 2. The maximum atomic E-state index is 11.2. The fourth-order valence-corrected chi connectivity index (χ4v) is 1.21. The van der Waals surface area contributed by atoms with E-state index in [-0.39, 0.29) is 45.7 Å². The van der Waals surface area contributed by atoms with Crippen molar-refractivity contribution in [1.29, 1.82) is 0 Å². The minimum absolute atomic E-state index is 0. The second-order valence-corrected chi connectivity index (χ2v) is 3.47. The summed E-state index contributed by atoms with van der Waals surface area (Å²) in [6.45, 7) is 3.00. The zero-order valence-corrected chi connectivity index (χ0v) is 12.8. The number of thioether (sulfide) groups is 1. The van der Waals surface area contributed by atoms with Crippen molar-refractivity contribution in [2.24, 2.45) is 0 Å². The predicted molar refractivity (Wildman–Crippen MR) is 52.9 cm³/mol. The molecule has 4 nitrogen and oxygen atoms in total. The molecule has 0 aliphatic carbocycles. The smallest absolute Gasteiger partial charge is 0.229 e. The Kier molecular flexibility index (Phi) is 7.78. The molecule has 0 aromatic carbocycles. The Bertz CT molecular complexity index is 264. The van der Waals surface area contributed by atoms with E-state index in [0.717, 1.165) is 11.8 Å². The monoisotopic (exact) mass is 305 g/mol. The van der Waals surface area contributed by atoms with Gasteiger partial charge < -0.3 is 26.5 Å². The molecule has 15 heavy (non-hydrogen) atoms. The van der Waals surface area contributed by atoms with Gasteiger partial charge >= 0.3 is 0 Å². The molecule has 0 saturated carbocycles. The zero-order chi connectivity index (χ0) is 10.1. The Morgan fingerprint density at radius 1 is 1.20 bits per heavy atom. The first-order valence-electron chi connectivity index (χ1n) is 3.59. The quantitative estimate of drug-likeness (QED) is 0.316. The van der Waals surface area contributed by atoms with Gasteiger partial charge in [0, 0.05) is 46.6 Å². The Balaban J connectivity index is 0. The van der Waals surface area contributed by atoms with E-state index in [1.807, 2.05) is 0 Å². The first-order valence-corrected chi connectivity index (χ1v) is 4.81. The molecule has 1 rings (SSSR count). The molecular weight excluding hydrogens is 293 g/mol. The van der Waals surface area contributed by atoms with Crippen LogP contribution < -0.4 is 0 Å². The first kappa shape index (κ1) is 17.5. The summed E-state index contributed by atoms with van der Waals surface area (Å²) in [6, 6.07) is 0. The third-order valence-electron chi connectivity index (χ3n) is 1.29. The van der Waals surface area contributed by atoms with Gasteiger partial charge in [-0.25, -0.2) is 11.8 Å². The summed E-state index contributed by atoms with van der Waals surface area (Å²) >= 11 is 1.13. The van der Waals surface area contributed by atoms with Gasteiger partial charge in [0.2, 0.25) is 17.7 Å². The molecule has 1 fully saturated rings. The van der Waals surface area contributed by atoms with E-state index in [2.05, 4.69) is 5.41 Å². The topological polar surface area (TPSA) is 52.6 Å². The van der Waals surface area contributed by atoms with Gasteiger partial charge in [-0.3, -0.25) is 0 Å². The van der Waals surface area contributed by atoms with Crippen molar-refractivity contribution in [3.8, 4) is 0 Å². The fraction of sp³-hybridized carbons (Fsp3) is 0.444. The van der Waals surface area contributed by atoms with Gasteiger partial charge in [-0.15, -0.1) is 5.41 Å². The summed E-state index contributed by atoms with van der Waals surface area (Å²) in [5.41, 5.74) is -0.174. The average Bonchev–Trinajstić information content (AvgIpc) is 1.94. The van der Waals surface area contributed by atoms with E-state index in [1.165, 1.54) is 13.8 Å². The van der Waals surface area contributed by atoms with Crippen LogP contribution in [0.2, 0.25) is 0 Å². The second kappa shape index (κ2) is 6.66. The number of hydrogen-bond donors (Lipinski definition) is 0. The molecule has 1 aliphatic heterocycles. The molecule has 1 aliphatic rings. The minimum atomic E-state index is -1.17. The molecule has 0 bridgehead atoms. The predicted octanol–water partition coefficient (Wildman–Crippen LogP) is 1.32. The standard InChI is InChI=1S/C8H9O4S.CH3.Y/c1-8(2)11-6(9)5(4-13-3)7(10)12-8;;/h1-3H3;1H3;/q2*-1;. The van der Waals surface area contributed by atoms with Gasteiger partial charge in [0.15, 0.2) is 0 Å². The van der Waals surface area contributed by atoms with Crippen LogP contribution in [0.25, 0.3) is 0 Å². The van der Waals surface area contributed by atoms with Crippen LogP contribution in [-0.4, -0.2) is 24.0 Å². The summed E-state index contributed by atoms with van der Waals surface area (Å²) in [4.78, 5) is 22.3. The van der Waals surface area contributed by atoms with Crippen molar-refractivity contribution in [2.75, 3.05) is 6.26 Å². The van der Waals surface area contributed by atoms with Gasteiger partial charge in [-0.05, 0) is 11.8 Å². The van der Waals surface area contributed by atoms with Crippen LogP contribution in [-0.2, 0) is 51.8 Å². The van der Waals surface area contributed by atoms with E-state index < -0.39 is 17.7 Å². The van der Waals surface area contributed by atoms with E-state index in [1.54, 1.807) is 6.26 Å². The van der Waals surface area contributed by atoms with Crippen molar-refractivity contribution in [3.63, 3.8) is 0 Å². The molecule has 0 atom stereocenters. The van der Waals surface area contributed by atoms with Crippen molar-refractivity contribution in [3.05, 3.63) is 18.4 Å². The number of rotatable bonds is 1. The summed E-state index contributed by atoms with van der Waals surface area (Å²) in [5, 5.41) is 2.51. The SMILES string of the molecule is CS[C-]=C1C(=O)OC(C)(C)OC1=O.[CH3-].[Y]. The molecule has 6 heteroatoms. The third kappa shape index (κ3) is 4.66. The third-order valence-corrected chi connectivity index (χ3v) is 1.70. The average molecular weight is 305 g/mol.